The Bertz CT molecular complexity index is 1330. The maximum Gasteiger partial charge on any atom is 0.258 e. The number of thiophene rings is 1. The number of carbonyl (C=O) groups excluding carboxylic acids is 1. The molecule has 170 valence electrons. The van der Waals surface area contributed by atoms with Crippen molar-refractivity contribution in [3.8, 4) is 11.1 Å². The number of fused-ring (bicyclic) bond motifs is 2. The number of hydrogen-bond donors (Lipinski definition) is 0. The first kappa shape index (κ1) is 20.0. The quantitative estimate of drug-likeness (QED) is 0.510. The van der Waals surface area contributed by atoms with Crippen molar-refractivity contribution in [1.82, 2.24) is 9.47 Å². The number of pyridine rings is 1. The Kier molecular flexibility index (Phi) is 4.43. The van der Waals surface area contributed by atoms with Gasteiger partial charge in [-0.3, -0.25) is 9.59 Å². The van der Waals surface area contributed by atoms with E-state index in [-0.39, 0.29) is 11.5 Å². The minimum atomic E-state index is 0.147. The number of aromatic nitrogens is 1. The topological polar surface area (TPSA) is 42.3 Å². The molecule has 1 spiro atoms. The van der Waals surface area contributed by atoms with Gasteiger partial charge in [-0.15, -0.1) is 11.3 Å². The molecule has 0 radical (unpaired) electrons. The highest BCUT2D eigenvalue weighted by Gasteiger charge is 2.59. The van der Waals surface area contributed by atoms with Gasteiger partial charge in [-0.25, -0.2) is 0 Å². The molecular weight excluding hydrogens is 428 g/mol. The van der Waals surface area contributed by atoms with E-state index in [9.17, 15) is 9.59 Å². The third kappa shape index (κ3) is 3.23. The van der Waals surface area contributed by atoms with E-state index in [0.717, 1.165) is 37.1 Å². The Morgan fingerprint density at radius 3 is 2.79 bits per heavy atom. The summed E-state index contributed by atoms with van der Waals surface area (Å²) in [5, 5.41) is 3.29. The molecule has 0 N–H and O–H groups in total. The molecule has 1 amide bonds. The van der Waals surface area contributed by atoms with E-state index < -0.39 is 0 Å². The van der Waals surface area contributed by atoms with Crippen LogP contribution >= 0.6 is 11.3 Å². The first-order chi connectivity index (χ1) is 16.1. The predicted molar refractivity (Wildman–Crippen MR) is 132 cm³/mol. The standard InChI is InChI=1S/C28H30N2O2S/c31-26-22(21-5-3-4-19-9-13-33-25(19)21)14-20-17-29(12-8-24(20)30(26)16-18-6-7-18)27(32)23-15-28(23)10-1-2-11-28/h3-5,9,13-14,18,23H,1-2,6-8,10-12,15-17H2. The molecule has 3 saturated carbocycles. The number of nitrogens with zero attached hydrogens (tertiary/aromatic N) is 2. The minimum absolute atomic E-state index is 0.147. The second kappa shape index (κ2) is 7.30. The summed E-state index contributed by atoms with van der Waals surface area (Å²) in [6.45, 7) is 2.23. The smallest absolute Gasteiger partial charge is 0.258 e. The van der Waals surface area contributed by atoms with E-state index >= 15 is 0 Å². The first-order valence-electron chi connectivity index (χ1n) is 12.6. The van der Waals surface area contributed by atoms with Gasteiger partial charge in [0.1, 0.15) is 0 Å². The van der Waals surface area contributed by atoms with Gasteiger partial charge in [0.25, 0.3) is 5.56 Å². The second-order valence-corrected chi connectivity index (χ2v) is 11.8. The maximum atomic E-state index is 13.8. The molecule has 1 atom stereocenters. The Balaban J connectivity index is 1.28. The lowest BCUT2D eigenvalue weighted by Crippen LogP contribution is -2.41. The molecular formula is C28H30N2O2S. The summed E-state index contributed by atoms with van der Waals surface area (Å²) in [6, 6.07) is 10.5. The van der Waals surface area contributed by atoms with Crippen molar-refractivity contribution in [2.24, 2.45) is 17.3 Å². The molecule has 1 unspecified atom stereocenters. The van der Waals surface area contributed by atoms with Crippen LogP contribution in [0.3, 0.4) is 0 Å². The summed E-state index contributed by atoms with van der Waals surface area (Å²) in [6.07, 6.45) is 9.40. The molecule has 5 heteroatoms. The van der Waals surface area contributed by atoms with Crippen molar-refractivity contribution in [2.75, 3.05) is 6.54 Å². The summed E-state index contributed by atoms with van der Waals surface area (Å²) >= 11 is 1.70. The van der Waals surface area contributed by atoms with Crippen molar-refractivity contribution in [2.45, 2.75) is 64.5 Å². The Morgan fingerprint density at radius 2 is 1.97 bits per heavy atom. The van der Waals surface area contributed by atoms with Crippen molar-refractivity contribution >= 4 is 27.3 Å². The van der Waals surface area contributed by atoms with Crippen LogP contribution in [0.25, 0.3) is 21.2 Å². The van der Waals surface area contributed by atoms with Crippen molar-refractivity contribution < 1.29 is 4.79 Å². The molecule has 2 aromatic heterocycles. The molecule has 3 aliphatic carbocycles. The van der Waals surface area contributed by atoms with Crippen molar-refractivity contribution in [3.63, 3.8) is 0 Å². The number of rotatable bonds is 4. The average molecular weight is 459 g/mol. The number of amides is 1. The molecule has 0 bridgehead atoms. The zero-order valence-corrected chi connectivity index (χ0v) is 19.8. The van der Waals surface area contributed by atoms with Gasteiger partial charge in [0.15, 0.2) is 0 Å². The molecule has 0 saturated heterocycles. The lowest BCUT2D eigenvalue weighted by atomic mass is 9.97. The van der Waals surface area contributed by atoms with Gasteiger partial charge in [-0.05, 0) is 71.9 Å². The van der Waals surface area contributed by atoms with Crippen LogP contribution in [0.2, 0.25) is 0 Å². The highest BCUT2D eigenvalue weighted by molar-refractivity contribution is 7.17. The molecule has 3 aromatic rings. The van der Waals surface area contributed by atoms with Gasteiger partial charge in [-0.1, -0.05) is 31.0 Å². The third-order valence-electron chi connectivity index (χ3n) is 8.78. The molecule has 3 heterocycles. The fourth-order valence-electron chi connectivity index (χ4n) is 6.61. The minimum Gasteiger partial charge on any atom is -0.338 e. The summed E-state index contributed by atoms with van der Waals surface area (Å²) in [5.74, 6) is 1.25. The third-order valence-corrected chi connectivity index (χ3v) is 9.74. The van der Waals surface area contributed by atoms with Crippen LogP contribution < -0.4 is 5.56 Å². The van der Waals surface area contributed by atoms with Gasteiger partial charge in [0.2, 0.25) is 5.91 Å². The normalized spacial score (nSPS) is 23.3. The monoisotopic (exact) mass is 458 g/mol. The molecule has 1 aliphatic heterocycles. The van der Waals surface area contributed by atoms with Gasteiger partial charge in [0, 0.05) is 53.5 Å². The summed E-state index contributed by atoms with van der Waals surface area (Å²) in [7, 11) is 0. The lowest BCUT2D eigenvalue weighted by Gasteiger charge is -2.32. The Morgan fingerprint density at radius 1 is 1.12 bits per heavy atom. The second-order valence-electron chi connectivity index (χ2n) is 10.9. The highest BCUT2D eigenvalue weighted by atomic mass is 32.1. The van der Waals surface area contributed by atoms with Crippen molar-refractivity contribution in [3.05, 3.63) is 57.3 Å². The Labute approximate surface area is 198 Å². The van der Waals surface area contributed by atoms with Crippen LogP contribution in [-0.2, 0) is 24.3 Å². The zero-order valence-electron chi connectivity index (χ0n) is 19.0. The summed E-state index contributed by atoms with van der Waals surface area (Å²) in [5.41, 5.74) is 4.67. The number of carbonyl (C=O) groups is 1. The SMILES string of the molecule is O=C(C1CC12CCCC2)N1CCc2c(cc(-c3cccc4ccsc34)c(=O)n2CC2CC2)C1. The first-order valence-corrected chi connectivity index (χ1v) is 13.5. The molecule has 4 nitrogen and oxygen atoms in total. The molecule has 1 aromatic carbocycles. The van der Waals surface area contributed by atoms with Gasteiger partial charge in [-0.2, -0.15) is 0 Å². The van der Waals surface area contributed by atoms with E-state index in [1.165, 1.54) is 59.9 Å². The summed E-state index contributed by atoms with van der Waals surface area (Å²) < 4.78 is 3.25. The Hall–Kier alpha value is -2.40. The number of hydrogen-bond acceptors (Lipinski definition) is 3. The van der Waals surface area contributed by atoms with Crippen LogP contribution in [0.1, 0.15) is 56.2 Å². The van der Waals surface area contributed by atoms with E-state index in [2.05, 4.69) is 45.2 Å². The summed E-state index contributed by atoms with van der Waals surface area (Å²) in [4.78, 5) is 29.3. The van der Waals surface area contributed by atoms with E-state index in [0.29, 0.717) is 23.8 Å². The maximum absolute atomic E-state index is 13.8. The molecule has 7 rings (SSSR count). The highest BCUT2D eigenvalue weighted by Crippen LogP contribution is 2.63. The predicted octanol–water partition coefficient (Wildman–Crippen LogP) is 5.61. The fourth-order valence-corrected chi connectivity index (χ4v) is 7.53. The van der Waals surface area contributed by atoms with Gasteiger partial charge >= 0.3 is 0 Å². The number of benzene rings is 1. The molecule has 33 heavy (non-hydrogen) atoms. The largest absolute Gasteiger partial charge is 0.338 e. The van der Waals surface area contributed by atoms with E-state index in [1.807, 2.05) is 0 Å². The van der Waals surface area contributed by atoms with Crippen LogP contribution in [-0.4, -0.2) is 21.9 Å². The van der Waals surface area contributed by atoms with E-state index in [1.54, 1.807) is 11.3 Å². The van der Waals surface area contributed by atoms with Crippen molar-refractivity contribution in [1.29, 1.82) is 0 Å². The fraction of sp³-hybridized carbons (Fsp3) is 0.500. The van der Waals surface area contributed by atoms with Gasteiger partial charge in [0.05, 0.1) is 0 Å². The van der Waals surface area contributed by atoms with Crippen LogP contribution in [0, 0.1) is 17.3 Å². The molecule has 3 fully saturated rings. The van der Waals surface area contributed by atoms with Crippen LogP contribution in [0.15, 0.2) is 40.5 Å². The lowest BCUT2D eigenvalue weighted by molar-refractivity contribution is -0.134. The van der Waals surface area contributed by atoms with Gasteiger partial charge < -0.3 is 9.47 Å². The van der Waals surface area contributed by atoms with Crippen LogP contribution in [0.5, 0.6) is 0 Å². The van der Waals surface area contributed by atoms with E-state index in [4.69, 9.17) is 0 Å². The molecule has 4 aliphatic rings. The average Bonchev–Trinajstić information content (AvgIpc) is 3.65. The zero-order chi connectivity index (χ0) is 22.2. The van der Waals surface area contributed by atoms with Crippen LogP contribution in [0.4, 0.5) is 0 Å².